The molecule has 6 heteroatoms. The molecule has 1 saturated heterocycles. The van der Waals surface area contributed by atoms with Crippen molar-refractivity contribution in [2.24, 2.45) is 0 Å². The molecular weight excluding hydrogens is 342 g/mol. The summed E-state index contributed by atoms with van der Waals surface area (Å²) in [6.45, 7) is 4.05. The Labute approximate surface area is 156 Å². The number of nitrogens with zero attached hydrogens (tertiary/aromatic N) is 2. The first-order chi connectivity index (χ1) is 13.1. The van der Waals surface area contributed by atoms with E-state index in [4.69, 9.17) is 4.74 Å². The van der Waals surface area contributed by atoms with Gasteiger partial charge in [0.15, 0.2) is 0 Å². The van der Waals surface area contributed by atoms with Crippen LogP contribution in [0.2, 0.25) is 0 Å². The van der Waals surface area contributed by atoms with E-state index in [1.165, 1.54) is 0 Å². The summed E-state index contributed by atoms with van der Waals surface area (Å²) in [6, 6.07) is 17.8. The molecule has 1 aromatic heterocycles. The van der Waals surface area contributed by atoms with Gasteiger partial charge in [0.25, 0.3) is 5.56 Å². The van der Waals surface area contributed by atoms with E-state index >= 15 is 0 Å². The zero-order valence-electron chi connectivity index (χ0n) is 15.1. The number of ether oxygens (including phenoxy) is 1. The van der Waals surface area contributed by atoms with Crippen molar-refractivity contribution in [2.75, 3.05) is 13.1 Å². The van der Waals surface area contributed by atoms with Crippen LogP contribution in [0.5, 0.6) is 11.5 Å². The van der Waals surface area contributed by atoms with Crippen LogP contribution in [0.4, 0.5) is 0 Å². The van der Waals surface area contributed by atoms with Crippen molar-refractivity contribution in [3.05, 3.63) is 92.8 Å². The topological polar surface area (TPSA) is 67.3 Å². The lowest BCUT2D eigenvalue weighted by molar-refractivity contribution is 0.0954. The van der Waals surface area contributed by atoms with E-state index in [9.17, 15) is 9.59 Å². The van der Waals surface area contributed by atoms with Gasteiger partial charge < -0.3 is 4.74 Å². The monoisotopic (exact) mass is 363 g/mol. The lowest BCUT2D eigenvalue weighted by Crippen LogP contribution is -2.50. The van der Waals surface area contributed by atoms with Gasteiger partial charge in [0.1, 0.15) is 11.5 Å². The molecular formula is C21H21N3O3. The van der Waals surface area contributed by atoms with Gasteiger partial charge in [-0.3, -0.25) is 19.2 Å². The SMILES string of the molecule is Cc1cn(C2CN(Cc3cccc(Oc4ccccc4)c3)C2)c(=O)[nH]c1=O. The summed E-state index contributed by atoms with van der Waals surface area (Å²) in [4.78, 5) is 28.1. The Kier molecular flexibility index (Phi) is 4.64. The quantitative estimate of drug-likeness (QED) is 0.757. The average Bonchev–Trinajstić information content (AvgIpc) is 2.63. The smallest absolute Gasteiger partial charge is 0.328 e. The first kappa shape index (κ1) is 17.3. The van der Waals surface area contributed by atoms with Crippen LogP contribution in [0.1, 0.15) is 17.2 Å². The van der Waals surface area contributed by atoms with Crippen molar-refractivity contribution in [3.8, 4) is 11.5 Å². The molecule has 0 spiro atoms. The summed E-state index contributed by atoms with van der Waals surface area (Å²) in [5.41, 5.74) is 1.06. The number of H-pyrrole nitrogens is 1. The molecule has 6 nitrogen and oxygen atoms in total. The largest absolute Gasteiger partial charge is 0.457 e. The van der Waals surface area contributed by atoms with Gasteiger partial charge in [-0.05, 0) is 36.8 Å². The molecule has 138 valence electrons. The molecule has 0 bridgehead atoms. The summed E-state index contributed by atoms with van der Waals surface area (Å²) in [5.74, 6) is 1.62. The van der Waals surface area contributed by atoms with Crippen molar-refractivity contribution < 1.29 is 4.74 Å². The lowest BCUT2D eigenvalue weighted by atomic mass is 10.1. The minimum absolute atomic E-state index is 0.0943. The van der Waals surface area contributed by atoms with Gasteiger partial charge in [0.05, 0.1) is 6.04 Å². The van der Waals surface area contributed by atoms with Crippen LogP contribution >= 0.6 is 0 Å². The fraction of sp³-hybridized carbons (Fsp3) is 0.238. The third-order valence-corrected chi connectivity index (χ3v) is 4.76. The number of hydrogen-bond acceptors (Lipinski definition) is 4. The van der Waals surface area contributed by atoms with Crippen molar-refractivity contribution in [1.29, 1.82) is 0 Å². The van der Waals surface area contributed by atoms with Gasteiger partial charge in [0.2, 0.25) is 0 Å². The third-order valence-electron chi connectivity index (χ3n) is 4.76. The first-order valence-electron chi connectivity index (χ1n) is 8.95. The zero-order valence-corrected chi connectivity index (χ0v) is 15.1. The summed E-state index contributed by atoms with van der Waals surface area (Å²) >= 11 is 0. The molecule has 1 fully saturated rings. The highest BCUT2D eigenvalue weighted by molar-refractivity contribution is 5.34. The molecule has 1 N–H and O–H groups in total. The highest BCUT2D eigenvalue weighted by atomic mass is 16.5. The van der Waals surface area contributed by atoms with Crippen LogP contribution in [0.15, 0.2) is 70.4 Å². The van der Waals surface area contributed by atoms with E-state index < -0.39 is 0 Å². The predicted molar refractivity (Wildman–Crippen MR) is 103 cm³/mol. The Morgan fingerprint density at radius 2 is 1.78 bits per heavy atom. The Hall–Kier alpha value is -3.12. The van der Waals surface area contributed by atoms with Gasteiger partial charge in [-0.2, -0.15) is 0 Å². The second-order valence-corrected chi connectivity index (χ2v) is 6.89. The molecule has 3 aromatic rings. The van der Waals surface area contributed by atoms with Crippen LogP contribution in [-0.2, 0) is 6.54 Å². The number of aryl methyl sites for hydroxylation is 1. The maximum Gasteiger partial charge on any atom is 0.328 e. The molecule has 0 saturated carbocycles. The zero-order chi connectivity index (χ0) is 18.8. The predicted octanol–water partition coefficient (Wildman–Crippen LogP) is 2.69. The van der Waals surface area contributed by atoms with Crippen molar-refractivity contribution in [3.63, 3.8) is 0 Å². The van der Waals surface area contributed by atoms with Crippen LogP contribution in [0.3, 0.4) is 0 Å². The number of aromatic nitrogens is 2. The maximum absolute atomic E-state index is 12.0. The Balaban J connectivity index is 1.39. The normalized spacial score (nSPS) is 14.7. The number of nitrogens with one attached hydrogen (secondary N) is 1. The molecule has 0 amide bonds. The third kappa shape index (κ3) is 3.85. The Morgan fingerprint density at radius 3 is 2.56 bits per heavy atom. The van der Waals surface area contributed by atoms with Gasteiger partial charge in [0, 0.05) is 31.4 Å². The minimum atomic E-state index is -0.339. The average molecular weight is 363 g/mol. The molecule has 2 heterocycles. The lowest BCUT2D eigenvalue weighted by Gasteiger charge is -2.40. The van der Waals surface area contributed by atoms with E-state index in [2.05, 4.69) is 16.0 Å². The van der Waals surface area contributed by atoms with Gasteiger partial charge >= 0.3 is 5.69 Å². The molecule has 0 radical (unpaired) electrons. The number of hydrogen-bond donors (Lipinski definition) is 1. The fourth-order valence-electron chi connectivity index (χ4n) is 3.30. The van der Waals surface area contributed by atoms with E-state index in [-0.39, 0.29) is 17.3 Å². The van der Waals surface area contributed by atoms with Crippen molar-refractivity contribution in [1.82, 2.24) is 14.5 Å². The molecule has 0 aliphatic carbocycles. The van der Waals surface area contributed by atoms with Crippen molar-refractivity contribution >= 4 is 0 Å². The second-order valence-electron chi connectivity index (χ2n) is 6.89. The van der Waals surface area contributed by atoms with E-state index in [0.717, 1.165) is 36.7 Å². The van der Waals surface area contributed by atoms with Gasteiger partial charge in [-0.25, -0.2) is 4.79 Å². The van der Waals surface area contributed by atoms with Crippen molar-refractivity contribution in [2.45, 2.75) is 19.5 Å². The number of benzene rings is 2. The summed E-state index contributed by atoms with van der Waals surface area (Å²) < 4.78 is 7.51. The van der Waals surface area contributed by atoms with E-state index in [1.807, 2.05) is 48.5 Å². The highest BCUT2D eigenvalue weighted by Gasteiger charge is 2.29. The van der Waals surface area contributed by atoms with E-state index in [0.29, 0.717) is 5.56 Å². The standard InChI is InChI=1S/C21H21N3O3/c1-15-11-24(21(26)22-20(15)25)17-13-23(14-17)12-16-6-5-9-19(10-16)27-18-7-3-2-4-8-18/h2-11,17H,12-14H2,1H3,(H,22,25,26). The minimum Gasteiger partial charge on any atom is -0.457 e. The number of rotatable bonds is 5. The van der Waals surface area contributed by atoms with Crippen LogP contribution in [0.25, 0.3) is 0 Å². The van der Waals surface area contributed by atoms with Crippen LogP contribution < -0.4 is 16.0 Å². The van der Waals surface area contributed by atoms with Gasteiger partial charge in [-0.15, -0.1) is 0 Å². The Morgan fingerprint density at radius 1 is 1.04 bits per heavy atom. The summed E-state index contributed by atoms with van der Waals surface area (Å²) in [6.07, 6.45) is 1.65. The van der Waals surface area contributed by atoms with E-state index in [1.54, 1.807) is 17.7 Å². The molecule has 2 aromatic carbocycles. The molecule has 0 unspecified atom stereocenters. The highest BCUT2D eigenvalue weighted by Crippen LogP contribution is 2.25. The molecule has 4 rings (SSSR count). The first-order valence-corrected chi connectivity index (χ1v) is 8.95. The van der Waals surface area contributed by atoms with Crippen LogP contribution in [-0.4, -0.2) is 27.5 Å². The van der Waals surface area contributed by atoms with Gasteiger partial charge in [-0.1, -0.05) is 30.3 Å². The fourth-order valence-corrected chi connectivity index (χ4v) is 3.30. The van der Waals surface area contributed by atoms with Crippen LogP contribution in [0, 0.1) is 6.92 Å². The molecule has 27 heavy (non-hydrogen) atoms. The summed E-state index contributed by atoms with van der Waals surface area (Å²) in [5, 5.41) is 0. The number of aromatic amines is 1. The maximum atomic E-state index is 12.0. The summed E-state index contributed by atoms with van der Waals surface area (Å²) in [7, 11) is 0. The molecule has 0 atom stereocenters. The second kappa shape index (κ2) is 7.25. The number of para-hydroxylation sites is 1. The molecule has 1 aliphatic rings. The Bertz CT molecular complexity index is 1050. The number of likely N-dealkylation sites (tertiary alicyclic amines) is 1. The molecule has 1 aliphatic heterocycles.